The second-order valence-electron chi connectivity index (χ2n) is 9.96. The Balaban J connectivity index is 1.01. The van der Waals surface area contributed by atoms with Crippen molar-refractivity contribution in [3.05, 3.63) is 35.2 Å². The number of anilines is 1. The zero-order valence-electron chi connectivity index (χ0n) is 19.6. The van der Waals surface area contributed by atoms with Crippen LogP contribution in [-0.4, -0.2) is 48.8 Å². The standard InChI is InChI=1S/C26H35N3O4/c1-18-15-22(6-7-23(18)24(30)16-20-10-14-31-17-20)32-13-2-3-19-8-11-29(12-9-19)26-27-25(28-33-26)21-4-5-21/h6-7,15,19-21H,2-5,8-14,16-17H2,1H3/t20-/m0/s1. The van der Waals surface area contributed by atoms with E-state index in [1.807, 2.05) is 25.1 Å². The van der Waals surface area contributed by atoms with Gasteiger partial charge in [-0.3, -0.25) is 4.79 Å². The molecule has 1 atom stereocenters. The molecule has 0 radical (unpaired) electrons. The third kappa shape index (κ3) is 5.75. The predicted octanol–water partition coefficient (Wildman–Crippen LogP) is 4.94. The molecule has 2 saturated heterocycles. The quantitative estimate of drug-likeness (QED) is 0.372. The molecule has 0 spiro atoms. The molecule has 0 bridgehead atoms. The summed E-state index contributed by atoms with van der Waals surface area (Å²) < 4.78 is 16.9. The molecule has 7 nitrogen and oxygen atoms in total. The molecular weight excluding hydrogens is 418 g/mol. The fraction of sp³-hybridized carbons (Fsp3) is 0.654. The maximum atomic E-state index is 12.6. The first-order valence-corrected chi connectivity index (χ1v) is 12.6. The minimum absolute atomic E-state index is 0.213. The van der Waals surface area contributed by atoms with Gasteiger partial charge in [-0.25, -0.2) is 0 Å². The molecule has 178 valence electrons. The van der Waals surface area contributed by atoms with Gasteiger partial charge in [-0.1, -0.05) is 5.16 Å². The Morgan fingerprint density at radius 2 is 2.00 bits per heavy atom. The normalized spacial score (nSPS) is 21.5. The summed E-state index contributed by atoms with van der Waals surface area (Å²) in [4.78, 5) is 19.4. The number of carbonyl (C=O) groups excluding carboxylic acids is 1. The molecule has 3 aliphatic rings. The maximum Gasteiger partial charge on any atom is 0.324 e. The third-order valence-electron chi connectivity index (χ3n) is 7.28. The van der Waals surface area contributed by atoms with Crippen LogP contribution in [0.3, 0.4) is 0 Å². The Morgan fingerprint density at radius 1 is 1.15 bits per heavy atom. The first-order chi connectivity index (χ1) is 16.2. The summed E-state index contributed by atoms with van der Waals surface area (Å²) in [6.07, 6.45) is 8.48. The molecule has 0 N–H and O–H groups in total. The van der Waals surface area contributed by atoms with Crippen LogP contribution in [0.15, 0.2) is 22.7 Å². The third-order valence-corrected chi connectivity index (χ3v) is 7.28. The average molecular weight is 454 g/mol. The molecule has 2 aliphatic heterocycles. The van der Waals surface area contributed by atoms with E-state index in [0.29, 0.717) is 37.5 Å². The number of piperidine rings is 1. The lowest BCUT2D eigenvalue weighted by molar-refractivity contribution is 0.0952. The van der Waals surface area contributed by atoms with Crippen molar-refractivity contribution in [2.45, 2.75) is 64.2 Å². The summed E-state index contributed by atoms with van der Waals surface area (Å²) in [5, 5.41) is 4.14. The van der Waals surface area contributed by atoms with Gasteiger partial charge in [0, 0.05) is 44.2 Å². The van der Waals surface area contributed by atoms with Gasteiger partial charge in [0.1, 0.15) is 5.75 Å². The first-order valence-electron chi connectivity index (χ1n) is 12.6. The van der Waals surface area contributed by atoms with Crippen molar-refractivity contribution in [2.75, 3.05) is 37.8 Å². The van der Waals surface area contributed by atoms with E-state index in [-0.39, 0.29) is 5.78 Å². The highest BCUT2D eigenvalue weighted by atomic mass is 16.5. The Kier molecular flexibility index (Phi) is 6.95. The highest BCUT2D eigenvalue weighted by molar-refractivity contribution is 5.97. The second-order valence-corrected chi connectivity index (χ2v) is 9.96. The topological polar surface area (TPSA) is 77.7 Å². The molecule has 1 aliphatic carbocycles. The Bertz CT molecular complexity index is 941. The lowest BCUT2D eigenvalue weighted by Gasteiger charge is -2.30. The molecule has 7 heteroatoms. The van der Waals surface area contributed by atoms with Crippen molar-refractivity contribution in [1.29, 1.82) is 0 Å². The van der Waals surface area contributed by atoms with E-state index < -0.39 is 0 Å². The number of benzene rings is 1. The summed E-state index contributed by atoms with van der Waals surface area (Å²) in [5.74, 6) is 3.58. The van der Waals surface area contributed by atoms with Crippen LogP contribution in [0.2, 0.25) is 0 Å². The zero-order valence-corrected chi connectivity index (χ0v) is 19.6. The van der Waals surface area contributed by atoms with Crippen LogP contribution in [0.25, 0.3) is 0 Å². The van der Waals surface area contributed by atoms with Crippen LogP contribution in [0.5, 0.6) is 5.75 Å². The number of hydrogen-bond acceptors (Lipinski definition) is 7. The second kappa shape index (κ2) is 10.2. The lowest BCUT2D eigenvalue weighted by atomic mass is 9.92. The molecule has 1 aromatic heterocycles. The van der Waals surface area contributed by atoms with Crippen LogP contribution < -0.4 is 9.64 Å². The van der Waals surface area contributed by atoms with E-state index in [9.17, 15) is 4.79 Å². The average Bonchev–Trinajstić information content (AvgIpc) is 3.32. The smallest absolute Gasteiger partial charge is 0.324 e. The highest BCUT2D eigenvalue weighted by Gasteiger charge is 2.30. The van der Waals surface area contributed by atoms with E-state index in [1.165, 1.54) is 19.3 Å². The van der Waals surface area contributed by atoms with Crippen molar-refractivity contribution in [3.63, 3.8) is 0 Å². The van der Waals surface area contributed by atoms with E-state index in [0.717, 1.165) is 74.0 Å². The molecule has 3 heterocycles. The molecule has 1 saturated carbocycles. The summed E-state index contributed by atoms with van der Waals surface area (Å²) in [5.41, 5.74) is 1.81. The summed E-state index contributed by atoms with van der Waals surface area (Å²) in [6.45, 7) is 6.17. The fourth-order valence-corrected chi connectivity index (χ4v) is 4.99. The summed E-state index contributed by atoms with van der Waals surface area (Å²) in [7, 11) is 0. The fourth-order valence-electron chi connectivity index (χ4n) is 4.99. The van der Waals surface area contributed by atoms with Crippen LogP contribution in [0, 0.1) is 18.8 Å². The number of ketones is 1. The van der Waals surface area contributed by atoms with Gasteiger partial charge in [-0.05, 0) is 87.5 Å². The summed E-state index contributed by atoms with van der Waals surface area (Å²) >= 11 is 0. The lowest BCUT2D eigenvalue weighted by Crippen LogP contribution is -2.34. The number of carbonyl (C=O) groups is 1. The van der Waals surface area contributed by atoms with Gasteiger partial charge >= 0.3 is 6.01 Å². The van der Waals surface area contributed by atoms with Crippen molar-refractivity contribution >= 4 is 11.8 Å². The Labute approximate surface area is 195 Å². The SMILES string of the molecule is Cc1cc(OCCCC2CCN(c3nc(C4CC4)no3)CC2)ccc1C(=O)C[C@@H]1CCOC1. The van der Waals surface area contributed by atoms with Crippen LogP contribution >= 0.6 is 0 Å². The number of rotatable bonds is 10. The molecule has 1 aromatic carbocycles. The number of hydrogen-bond donors (Lipinski definition) is 0. The van der Waals surface area contributed by atoms with Crippen molar-refractivity contribution < 1.29 is 18.8 Å². The minimum Gasteiger partial charge on any atom is -0.494 e. The van der Waals surface area contributed by atoms with Gasteiger partial charge < -0.3 is 18.9 Å². The predicted molar refractivity (Wildman–Crippen MR) is 125 cm³/mol. The van der Waals surface area contributed by atoms with Crippen molar-refractivity contribution in [3.8, 4) is 5.75 Å². The first kappa shape index (κ1) is 22.4. The molecule has 33 heavy (non-hydrogen) atoms. The summed E-state index contributed by atoms with van der Waals surface area (Å²) in [6, 6.07) is 6.55. The van der Waals surface area contributed by atoms with Crippen LogP contribution in [-0.2, 0) is 4.74 Å². The molecular formula is C26H35N3O4. The van der Waals surface area contributed by atoms with Crippen LogP contribution in [0.1, 0.15) is 79.0 Å². The van der Waals surface area contributed by atoms with Crippen molar-refractivity contribution in [1.82, 2.24) is 10.1 Å². The van der Waals surface area contributed by atoms with Gasteiger partial charge in [0.05, 0.1) is 6.61 Å². The molecule has 2 aromatic rings. The minimum atomic E-state index is 0.213. The number of aryl methyl sites for hydroxylation is 1. The number of Topliss-reactive ketones (excluding diaryl/α,β-unsaturated/α-hetero) is 1. The highest BCUT2D eigenvalue weighted by Crippen LogP contribution is 2.39. The van der Waals surface area contributed by atoms with E-state index in [2.05, 4.69) is 15.0 Å². The number of ether oxygens (including phenoxy) is 2. The monoisotopic (exact) mass is 453 g/mol. The van der Waals surface area contributed by atoms with E-state index >= 15 is 0 Å². The van der Waals surface area contributed by atoms with Gasteiger partial charge in [-0.2, -0.15) is 4.98 Å². The largest absolute Gasteiger partial charge is 0.494 e. The van der Waals surface area contributed by atoms with Crippen molar-refractivity contribution in [2.24, 2.45) is 11.8 Å². The molecule has 0 amide bonds. The van der Waals surface area contributed by atoms with Gasteiger partial charge in [-0.15, -0.1) is 0 Å². The van der Waals surface area contributed by atoms with Crippen LogP contribution in [0.4, 0.5) is 6.01 Å². The van der Waals surface area contributed by atoms with Gasteiger partial charge in [0.25, 0.3) is 0 Å². The zero-order chi connectivity index (χ0) is 22.6. The molecule has 5 rings (SSSR count). The maximum absolute atomic E-state index is 12.6. The molecule has 0 unspecified atom stereocenters. The number of nitrogens with zero attached hydrogens (tertiary/aromatic N) is 3. The van der Waals surface area contributed by atoms with E-state index in [4.69, 9.17) is 14.0 Å². The Morgan fingerprint density at radius 3 is 2.73 bits per heavy atom. The number of aromatic nitrogens is 2. The van der Waals surface area contributed by atoms with Gasteiger partial charge in [0.2, 0.25) is 0 Å². The van der Waals surface area contributed by atoms with Gasteiger partial charge in [0.15, 0.2) is 11.6 Å². The molecule has 3 fully saturated rings. The Hall–Kier alpha value is -2.41. The van der Waals surface area contributed by atoms with E-state index in [1.54, 1.807) is 0 Å².